The first-order valence-corrected chi connectivity index (χ1v) is 7.77. The van der Waals surface area contributed by atoms with Crippen molar-refractivity contribution in [3.63, 3.8) is 0 Å². The van der Waals surface area contributed by atoms with E-state index in [9.17, 15) is 8.78 Å². The Labute approximate surface area is 121 Å². The maximum Gasteiger partial charge on any atom is 0.130 e. The summed E-state index contributed by atoms with van der Waals surface area (Å²) >= 11 is 0. The Hall–Kier alpha value is -0.960. The minimum atomic E-state index is -0.524. The predicted octanol–water partition coefficient (Wildman–Crippen LogP) is 5.41. The van der Waals surface area contributed by atoms with Gasteiger partial charge in [0.2, 0.25) is 0 Å². The van der Waals surface area contributed by atoms with E-state index in [1.54, 1.807) is 6.92 Å². The second-order valence-corrected chi connectivity index (χ2v) is 5.64. The summed E-state index contributed by atoms with van der Waals surface area (Å²) in [7, 11) is 0. The molecule has 2 N–H and O–H groups in total. The predicted molar refractivity (Wildman–Crippen MR) is 80.6 cm³/mol. The molecular weight excluding hydrogens is 256 g/mol. The van der Waals surface area contributed by atoms with Crippen molar-refractivity contribution in [2.75, 3.05) is 0 Å². The van der Waals surface area contributed by atoms with Gasteiger partial charge in [-0.15, -0.1) is 0 Å². The summed E-state index contributed by atoms with van der Waals surface area (Å²) in [6, 6.07) is 2.15. The lowest BCUT2D eigenvalue weighted by atomic mass is 9.98. The average Bonchev–Trinajstić information content (AvgIpc) is 2.41. The molecule has 1 atom stereocenters. The number of aryl methyl sites for hydroxylation is 1. The van der Waals surface area contributed by atoms with Crippen LogP contribution in [0.15, 0.2) is 12.1 Å². The Morgan fingerprint density at radius 1 is 0.950 bits per heavy atom. The Balaban J connectivity index is 2.32. The number of hydrogen-bond acceptors (Lipinski definition) is 1. The van der Waals surface area contributed by atoms with Crippen LogP contribution in [0, 0.1) is 18.6 Å². The van der Waals surface area contributed by atoms with Crippen LogP contribution in [0.2, 0.25) is 0 Å². The molecule has 0 bridgehead atoms. The van der Waals surface area contributed by atoms with Gasteiger partial charge in [-0.25, -0.2) is 8.78 Å². The highest BCUT2D eigenvalue weighted by atomic mass is 19.1. The molecule has 0 heterocycles. The lowest BCUT2D eigenvalue weighted by Crippen LogP contribution is -2.13. The Kier molecular flexibility index (Phi) is 7.75. The fraction of sp³-hybridized carbons (Fsp3) is 0.647. The molecule has 0 saturated carbocycles. The molecule has 1 aromatic carbocycles. The molecule has 20 heavy (non-hydrogen) atoms. The normalized spacial score (nSPS) is 12.7. The highest BCUT2D eigenvalue weighted by Gasteiger charge is 2.13. The molecule has 0 aromatic heterocycles. The van der Waals surface area contributed by atoms with Gasteiger partial charge < -0.3 is 5.73 Å². The van der Waals surface area contributed by atoms with Crippen LogP contribution in [0.5, 0.6) is 0 Å². The van der Waals surface area contributed by atoms with Gasteiger partial charge in [0.05, 0.1) is 0 Å². The molecule has 1 rings (SSSR count). The molecular formula is C17H27F2N. The first-order valence-electron chi connectivity index (χ1n) is 7.77. The van der Waals surface area contributed by atoms with Crippen molar-refractivity contribution in [2.45, 2.75) is 71.3 Å². The molecule has 1 aromatic rings. The molecule has 1 nitrogen and oxygen atoms in total. The summed E-state index contributed by atoms with van der Waals surface area (Å²) in [5.74, 6) is -1.03. The monoisotopic (exact) mass is 283 g/mol. The number of halogens is 2. The van der Waals surface area contributed by atoms with Crippen molar-refractivity contribution in [3.05, 3.63) is 34.9 Å². The van der Waals surface area contributed by atoms with E-state index in [2.05, 4.69) is 6.92 Å². The molecule has 0 amide bonds. The second-order valence-electron chi connectivity index (χ2n) is 5.64. The maximum absolute atomic E-state index is 13.7. The molecule has 0 aliphatic heterocycles. The molecule has 0 saturated heterocycles. The Bertz CT molecular complexity index is 404. The van der Waals surface area contributed by atoms with Crippen LogP contribution in [0.3, 0.4) is 0 Å². The summed E-state index contributed by atoms with van der Waals surface area (Å²) in [6.45, 7) is 3.84. The van der Waals surface area contributed by atoms with Crippen LogP contribution in [0.4, 0.5) is 8.78 Å². The topological polar surface area (TPSA) is 26.0 Å². The van der Waals surface area contributed by atoms with Gasteiger partial charge in [-0.3, -0.25) is 0 Å². The largest absolute Gasteiger partial charge is 0.324 e. The second kappa shape index (κ2) is 9.06. The fourth-order valence-electron chi connectivity index (χ4n) is 2.44. The molecule has 0 spiro atoms. The first-order chi connectivity index (χ1) is 9.56. The van der Waals surface area contributed by atoms with Gasteiger partial charge in [-0.05, 0) is 25.0 Å². The number of rotatable bonds is 9. The summed E-state index contributed by atoms with van der Waals surface area (Å²) in [5.41, 5.74) is 6.91. The van der Waals surface area contributed by atoms with Crippen molar-refractivity contribution < 1.29 is 8.78 Å². The molecule has 0 radical (unpaired) electrons. The highest BCUT2D eigenvalue weighted by molar-refractivity contribution is 5.27. The highest BCUT2D eigenvalue weighted by Crippen LogP contribution is 2.23. The minimum absolute atomic E-state index is 0.329. The summed E-state index contributed by atoms with van der Waals surface area (Å²) in [4.78, 5) is 0. The number of nitrogens with two attached hydrogens (primary N) is 1. The number of unbranched alkanes of at least 4 members (excludes halogenated alkanes) is 6. The van der Waals surface area contributed by atoms with E-state index in [1.165, 1.54) is 38.2 Å². The van der Waals surface area contributed by atoms with Crippen LogP contribution in [0.25, 0.3) is 0 Å². The molecule has 0 aliphatic rings. The summed E-state index contributed by atoms with van der Waals surface area (Å²) < 4.78 is 26.9. The Morgan fingerprint density at radius 3 is 2.20 bits per heavy atom. The van der Waals surface area contributed by atoms with Crippen LogP contribution in [0.1, 0.15) is 75.5 Å². The number of benzene rings is 1. The lowest BCUT2D eigenvalue weighted by molar-refractivity contribution is 0.512. The molecule has 0 fully saturated rings. The van der Waals surface area contributed by atoms with Gasteiger partial charge in [-0.2, -0.15) is 0 Å². The van der Waals surface area contributed by atoms with Crippen molar-refractivity contribution in [1.82, 2.24) is 0 Å². The Morgan fingerprint density at radius 2 is 1.55 bits per heavy atom. The maximum atomic E-state index is 13.7. The zero-order valence-electron chi connectivity index (χ0n) is 12.7. The third-order valence-electron chi connectivity index (χ3n) is 3.80. The summed E-state index contributed by atoms with van der Waals surface area (Å²) in [5, 5.41) is 0. The van der Waals surface area contributed by atoms with Gasteiger partial charge in [0, 0.05) is 17.7 Å². The average molecular weight is 283 g/mol. The van der Waals surface area contributed by atoms with E-state index in [4.69, 9.17) is 5.73 Å². The minimum Gasteiger partial charge on any atom is -0.324 e. The summed E-state index contributed by atoms with van der Waals surface area (Å²) in [6.07, 6.45) is 9.25. The third-order valence-corrected chi connectivity index (χ3v) is 3.80. The fourth-order valence-corrected chi connectivity index (χ4v) is 2.44. The molecule has 1 unspecified atom stereocenters. The van der Waals surface area contributed by atoms with Crippen LogP contribution < -0.4 is 5.73 Å². The third kappa shape index (κ3) is 5.58. The zero-order valence-corrected chi connectivity index (χ0v) is 12.7. The van der Waals surface area contributed by atoms with Gasteiger partial charge in [0.15, 0.2) is 0 Å². The van der Waals surface area contributed by atoms with Crippen LogP contribution in [-0.2, 0) is 0 Å². The zero-order chi connectivity index (χ0) is 15.0. The molecule has 0 aliphatic carbocycles. The van der Waals surface area contributed by atoms with E-state index in [0.717, 1.165) is 25.3 Å². The molecule has 3 heteroatoms. The SMILES string of the molecule is CCCCCCCCCC(N)c1cc(C)c(F)cc1F. The van der Waals surface area contributed by atoms with Crippen LogP contribution in [-0.4, -0.2) is 0 Å². The first kappa shape index (κ1) is 17.1. The standard InChI is InChI=1S/C17H27F2N/c1-3-4-5-6-7-8-9-10-17(20)14-11-13(2)15(18)12-16(14)19/h11-12,17H,3-10,20H2,1-2H3. The quantitative estimate of drug-likeness (QED) is 0.602. The smallest absolute Gasteiger partial charge is 0.130 e. The van der Waals surface area contributed by atoms with E-state index in [0.29, 0.717) is 11.1 Å². The van der Waals surface area contributed by atoms with Crippen molar-refractivity contribution in [2.24, 2.45) is 5.73 Å². The van der Waals surface area contributed by atoms with E-state index < -0.39 is 11.6 Å². The van der Waals surface area contributed by atoms with E-state index in [1.807, 2.05) is 0 Å². The number of hydrogen-bond donors (Lipinski definition) is 1. The van der Waals surface area contributed by atoms with Gasteiger partial charge in [-0.1, -0.05) is 51.9 Å². The van der Waals surface area contributed by atoms with Crippen LogP contribution >= 0.6 is 0 Å². The van der Waals surface area contributed by atoms with E-state index >= 15 is 0 Å². The van der Waals surface area contributed by atoms with Gasteiger partial charge >= 0.3 is 0 Å². The van der Waals surface area contributed by atoms with Gasteiger partial charge in [0.1, 0.15) is 11.6 Å². The lowest BCUT2D eigenvalue weighted by Gasteiger charge is -2.14. The van der Waals surface area contributed by atoms with Crippen molar-refractivity contribution in [1.29, 1.82) is 0 Å². The molecule has 114 valence electrons. The van der Waals surface area contributed by atoms with Crippen molar-refractivity contribution >= 4 is 0 Å². The van der Waals surface area contributed by atoms with Crippen molar-refractivity contribution in [3.8, 4) is 0 Å². The van der Waals surface area contributed by atoms with Gasteiger partial charge in [0.25, 0.3) is 0 Å². The van der Waals surface area contributed by atoms with E-state index in [-0.39, 0.29) is 6.04 Å².